The fourth-order valence-corrected chi connectivity index (χ4v) is 3.40. The number of esters is 1. The van der Waals surface area contributed by atoms with Gasteiger partial charge in [0.1, 0.15) is 23.3 Å². The molecule has 34 heavy (non-hydrogen) atoms. The minimum absolute atomic E-state index is 0.0558. The number of benzene rings is 3. The van der Waals surface area contributed by atoms with Crippen LogP contribution in [0.2, 0.25) is 0 Å². The molecule has 0 aliphatic carbocycles. The van der Waals surface area contributed by atoms with Gasteiger partial charge in [-0.1, -0.05) is 12.1 Å². The summed E-state index contributed by atoms with van der Waals surface area (Å²) in [4.78, 5) is 25.6. The van der Waals surface area contributed by atoms with Crippen LogP contribution in [0.15, 0.2) is 70.1 Å². The Morgan fingerprint density at radius 2 is 1.56 bits per heavy atom. The second-order valence-corrected chi connectivity index (χ2v) is 7.31. The standard InChI is InChI=1S/C26H22O8/c1-15-6-5-7-17(10-15)33-23-14-32-20-13-18(8-9-19(20)24(23)27)34-26(28)16-11-21(29-2)25(31-4)22(12-16)30-3/h5-14H,1-4H3. The lowest BCUT2D eigenvalue weighted by Crippen LogP contribution is -2.10. The third-order valence-electron chi connectivity index (χ3n) is 5.04. The van der Waals surface area contributed by atoms with E-state index in [0.717, 1.165) is 5.56 Å². The van der Waals surface area contributed by atoms with Crippen molar-refractivity contribution in [2.75, 3.05) is 21.3 Å². The zero-order valence-electron chi connectivity index (χ0n) is 19.0. The van der Waals surface area contributed by atoms with Crippen LogP contribution >= 0.6 is 0 Å². The maximum atomic E-state index is 12.8. The van der Waals surface area contributed by atoms with Crippen molar-refractivity contribution in [3.63, 3.8) is 0 Å². The normalized spacial score (nSPS) is 10.6. The first kappa shape index (κ1) is 22.7. The molecule has 0 fully saturated rings. The van der Waals surface area contributed by atoms with E-state index >= 15 is 0 Å². The molecule has 1 aromatic heterocycles. The Bertz CT molecular complexity index is 1400. The van der Waals surface area contributed by atoms with E-state index < -0.39 is 5.97 Å². The number of methoxy groups -OCH3 is 3. The average Bonchev–Trinajstić information content (AvgIpc) is 2.84. The highest BCUT2D eigenvalue weighted by molar-refractivity contribution is 5.93. The van der Waals surface area contributed by atoms with E-state index in [9.17, 15) is 9.59 Å². The smallest absolute Gasteiger partial charge is 0.343 e. The Morgan fingerprint density at radius 1 is 0.824 bits per heavy atom. The van der Waals surface area contributed by atoms with Crippen molar-refractivity contribution in [1.82, 2.24) is 0 Å². The highest BCUT2D eigenvalue weighted by Crippen LogP contribution is 2.38. The Balaban J connectivity index is 1.60. The number of ether oxygens (including phenoxy) is 5. The van der Waals surface area contributed by atoms with E-state index in [-0.39, 0.29) is 33.5 Å². The molecule has 0 radical (unpaired) electrons. The molecule has 0 amide bonds. The molecule has 0 saturated heterocycles. The summed E-state index contributed by atoms with van der Waals surface area (Å²) < 4.78 is 32.6. The summed E-state index contributed by atoms with van der Waals surface area (Å²) in [5.41, 5.74) is 1.10. The van der Waals surface area contributed by atoms with Crippen molar-refractivity contribution >= 4 is 16.9 Å². The summed E-state index contributed by atoms with van der Waals surface area (Å²) in [5, 5.41) is 0.290. The molecular weight excluding hydrogens is 440 g/mol. The lowest BCUT2D eigenvalue weighted by atomic mass is 10.1. The maximum absolute atomic E-state index is 12.8. The van der Waals surface area contributed by atoms with Crippen LogP contribution in [-0.2, 0) is 0 Å². The molecule has 0 aliphatic heterocycles. The number of aryl methyl sites for hydroxylation is 1. The Kier molecular flexibility index (Phi) is 6.40. The van der Waals surface area contributed by atoms with Crippen LogP contribution in [0.1, 0.15) is 15.9 Å². The van der Waals surface area contributed by atoms with Crippen molar-refractivity contribution < 1.29 is 32.9 Å². The predicted octanol–water partition coefficient (Wildman–Crippen LogP) is 5.14. The van der Waals surface area contributed by atoms with Gasteiger partial charge in [0.25, 0.3) is 0 Å². The second-order valence-electron chi connectivity index (χ2n) is 7.31. The number of rotatable bonds is 7. The molecule has 8 nitrogen and oxygen atoms in total. The highest BCUT2D eigenvalue weighted by Gasteiger charge is 2.19. The van der Waals surface area contributed by atoms with E-state index in [4.69, 9.17) is 28.1 Å². The lowest BCUT2D eigenvalue weighted by Gasteiger charge is -2.13. The molecule has 0 spiro atoms. The fourth-order valence-electron chi connectivity index (χ4n) is 3.40. The Hall–Kier alpha value is -4.46. The molecule has 0 atom stereocenters. The van der Waals surface area contributed by atoms with Gasteiger partial charge in [-0.25, -0.2) is 4.79 Å². The first-order valence-corrected chi connectivity index (χ1v) is 10.3. The number of hydrogen-bond acceptors (Lipinski definition) is 8. The highest BCUT2D eigenvalue weighted by atomic mass is 16.5. The molecule has 0 N–H and O–H groups in total. The van der Waals surface area contributed by atoms with Crippen molar-refractivity contribution in [1.29, 1.82) is 0 Å². The van der Waals surface area contributed by atoms with Crippen LogP contribution in [0.3, 0.4) is 0 Å². The lowest BCUT2D eigenvalue weighted by molar-refractivity contribution is 0.0734. The summed E-state index contributed by atoms with van der Waals surface area (Å²) >= 11 is 0. The van der Waals surface area contributed by atoms with E-state index in [0.29, 0.717) is 23.0 Å². The van der Waals surface area contributed by atoms with Gasteiger partial charge in [0.15, 0.2) is 11.5 Å². The number of fused-ring (bicyclic) bond motifs is 1. The molecule has 3 aromatic carbocycles. The zero-order chi connectivity index (χ0) is 24.2. The second kappa shape index (κ2) is 9.58. The van der Waals surface area contributed by atoms with Gasteiger partial charge in [-0.05, 0) is 48.9 Å². The third kappa shape index (κ3) is 4.52. The third-order valence-corrected chi connectivity index (χ3v) is 5.04. The van der Waals surface area contributed by atoms with Gasteiger partial charge in [0.05, 0.1) is 32.3 Å². The van der Waals surface area contributed by atoms with Crippen LogP contribution in [0.5, 0.6) is 34.5 Å². The Morgan fingerprint density at radius 3 is 2.21 bits per heavy atom. The van der Waals surface area contributed by atoms with Gasteiger partial charge in [-0.2, -0.15) is 0 Å². The molecule has 174 valence electrons. The van der Waals surface area contributed by atoms with Crippen molar-refractivity contribution in [2.24, 2.45) is 0 Å². The van der Waals surface area contributed by atoms with Crippen LogP contribution < -0.4 is 29.1 Å². The molecule has 0 unspecified atom stereocenters. The van der Waals surface area contributed by atoms with Crippen molar-refractivity contribution in [3.05, 3.63) is 82.2 Å². The summed E-state index contributed by atoms with van der Waals surface area (Å²) in [7, 11) is 4.38. The van der Waals surface area contributed by atoms with Crippen LogP contribution in [-0.4, -0.2) is 27.3 Å². The SMILES string of the molecule is COc1cc(C(=O)Oc2ccc3c(=O)c(Oc4cccc(C)c4)coc3c2)cc(OC)c1OC. The van der Waals surface area contributed by atoms with Crippen molar-refractivity contribution in [2.45, 2.75) is 6.92 Å². The number of hydrogen-bond donors (Lipinski definition) is 0. The predicted molar refractivity (Wildman–Crippen MR) is 125 cm³/mol. The molecule has 0 bridgehead atoms. The minimum atomic E-state index is -0.652. The van der Waals surface area contributed by atoms with Crippen LogP contribution in [0, 0.1) is 6.92 Å². The number of carbonyl (C=O) groups excluding carboxylic acids is 1. The zero-order valence-corrected chi connectivity index (χ0v) is 19.0. The van der Waals surface area contributed by atoms with Crippen LogP contribution in [0.4, 0.5) is 0 Å². The summed E-state index contributed by atoms with van der Waals surface area (Å²) in [6.07, 6.45) is 1.23. The quantitative estimate of drug-likeness (QED) is 0.275. The summed E-state index contributed by atoms with van der Waals surface area (Å²) in [5.74, 6) is 1.13. The van der Waals surface area contributed by atoms with Crippen molar-refractivity contribution in [3.8, 4) is 34.5 Å². The van der Waals surface area contributed by atoms with E-state index in [1.165, 1.54) is 57.9 Å². The first-order chi connectivity index (χ1) is 16.4. The van der Waals surface area contributed by atoms with Gasteiger partial charge < -0.3 is 28.1 Å². The van der Waals surface area contributed by atoms with Gasteiger partial charge in [0, 0.05) is 6.07 Å². The molecule has 0 aliphatic rings. The van der Waals surface area contributed by atoms with Gasteiger partial charge in [-0.3, -0.25) is 4.79 Å². The van der Waals surface area contributed by atoms with Gasteiger partial charge in [0.2, 0.25) is 16.9 Å². The monoisotopic (exact) mass is 462 g/mol. The Labute approximate surface area is 195 Å². The average molecular weight is 462 g/mol. The topological polar surface area (TPSA) is 93.4 Å². The maximum Gasteiger partial charge on any atom is 0.343 e. The number of carbonyl (C=O) groups is 1. The summed E-state index contributed by atoms with van der Waals surface area (Å²) in [6, 6.07) is 14.8. The van der Waals surface area contributed by atoms with Gasteiger partial charge in [-0.15, -0.1) is 0 Å². The van der Waals surface area contributed by atoms with E-state index in [1.54, 1.807) is 6.07 Å². The summed E-state index contributed by atoms with van der Waals surface area (Å²) in [6.45, 7) is 1.93. The molecule has 4 aromatic rings. The fraction of sp³-hybridized carbons (Fsp3) is 0.154. The van der Waals surface area contributed by atoms with Gasteiger partial charge >= 0.3 is 5.97 Å². The first-order valence-electron chi connectivity index (χ1n) is 10.3. The molecule has 1 heterocycles. The van der Waals surface area contributed by atoms with E-state index in [1.807, 2.05) is 25.1 Å². The molecule has 4 rings (SSSR count). The largest absolute Gasteiger partial charge is 0.493 e. The molecular formula is C26H22O8. The minimum Gasteiger partial charge on any atom is -0.493 e. The van der Waals surface area contributed by atoms with E-state index in [2.05, 4.69) is 0 Å². The van der Waals surface area contributed by atoms with Crippen LogP contribution in [0.25, 0.3) is 11.0 Å². The molecule has 0 saturated carbocycles. The molecule has 8 heteroatoms.